The molecule has 0 spiro atoms. The number of ether oxygens (including phenoxy) is 2. The highest BCUT2D eigenvalue weighted by Crippen LogP contribution is 2.30. The van der Waals surface area contributed by atoms with Gasteiger partial charge in [-0.1, -0.05) is 12.1 Å². The number of hydrogen-bond donors (Lipinski definition) is 1. The van der Waals surface area contributed by atoms with Crippen molar-refractivity contribution >= 4 is 21.8 Å². The van der Waals surface area contributed by atoms with Crippen molar-refractivity contribution in [3.63, 3.8) is 0 Å². The minimum absolute atomic E-state index is 0.360. The molecular formula is C22H31N3O5S. The number of anilines is 1. The average molecular weight is 450 g/mol. The quantitative estimate of drug-likeness (QED) is 0.636. The van der Waals surface area contributed by atoms with E-state index >= 15 is 0 Å². The van der Waals surface area contributed by atoms with E-state index in [0.29, 0.717) is 17.2 Å². The third kappa shape index (κ3) is 5.68. The van der Waals surface area contributed by atoms with Gasteiger partial charge in [0, 0.05) is 19.7 Å². The van der Waals surface area contributed by atoms with Crippen molar-refractivity contribution in [3.05, 3.63) is 53.1 Å². The predicted octanol–water partition coefficient (Wildman–Crippen LogP) is 2.81. The summed E-state index contributed by atoms with van der Waals surface area (Å²) in [5.41, 5.74) is 2.85. The molecule has 2 aromatic carbocycles. The lowest BCUT2D eigenvalue weighted by Gasteiger charge is -2.29. The van der Waals surface area contributed by atoms with Crippen molar-refractivity contribution in [1.82, 2.24) is 9.62 Å². The highest BCUT2D eigenvalue weighted by atomic mass is 32.2. The lowest BCUT2D eigenvalue weighted by atomic mass is 10.1. The van der Waals surface area contributed by atoms with E-state index in [9.17, 15) is 13.2 Å². The van der Waals surface area contributed by atoms with Crippen LogP contribution in [0, 0.1) is 13.8 Å². The zero-order valence-corrected chi connectivity index (χ0v) is 19.9. The summed E-state index contributed by atoms with van der Waals surface area (Å²) in [6.07, 6.45) is 0. The summed E-state index contributed by atoms with van der Waals surface area (Å²) in [4.78, 5) is 12.9. The van der Waals surface area contributed by atoms with Gasteiger partial charge in [-0.05, 0) is 56.2 Å². The molecule has 0 aliphatic carbocycles. The zero-order valence-electron chi connectivity index (χ0n) is 19.1. The Kier molecular flexibility index (Phi) is 7.91. The Bertz CT molecular complexity index is 1040. The fourth-order valence-electron chi connectivity index (χ4n) is 3.15. The molecule has 0 aromatic heterocycles. The lowest BCUT2D eigenvalue weighted by Crippen LogP contribution is -2.46. The van der Waals surface area contributed by atoms with Crippen molar-refractivity contribution in [2.24, 2.45) is 0 Å². The summed E-state index contributed by atoms with van der Waals surface area (Å²) in [6.45, 7) is 5.13. The van der Waals surface area contributed by atoms with Gasteiger partial charge in [-0.3, -0.25) is 4.79 Å². The van der Waals surface area contributed by atoms with Crippen LogP contribution < -0.4 is 19.1 Å². The molecule has 0 heterocycles. The molecule has 0 saturated carbocycles. The van der Waals surface area contributed by atoms with Gasteiger partial charge in [0.15, 0.2) is 0 Å². The number of carbonyl (C=O) groups excluding carboxylic acids is 1. The first kappa shape index (κ1) is 24.5. The Balaban J connectivity index is 2.34. The van der Waals surface area contributed by atoms with Crippen LogP contribution in [-0.4, -0.2) is 53.5 Å². The Morgan fingerprint density at radius 2 is 1.74 bits per heavy atom. The summed E-state index contributed by atoms with van der Waals surface area (Å²) in [7, 11) is 2.10. The molecule has 0 radical (unpaired) electrons. The Hall–Kier alpha value is -2.78. The topological polar surface area (TPSA) is 88.2 Å². The molecule has 170 valence electrons. The molecule has 0 unspecified atom stereocenters. The van der Waals surface area contributed by atoms with Crippen molar-refractivity contribution < 1.29 is 22.7 Å². The van der Waals surface area contributed by atoms with E-state index in [0.717, 1.165) is 25.3 Å². The van der Waals surface area contributed by atoms with E-state index in [1.165, 1.54) is 14.1 Å². The van der Waals surface area contributed by atoms with E-state index < -0.39 is 22.2 Å². The predicted molar refractivity (Wildman–Crippen MR) is 122 cm³/mol. The third-order valence-corrected chi connectivity index (χ3v) is 6.75. The van der Waals surface area contributed by atoms with Gasteiger partial charge in [0.25, 0.3) is 0 Å². The van der Waals surface area contributed by atoms with Crippen molar-refractivity contribution in [2.45, 2.75) is 26.8 Å². The molecule has 0 saturated heterocycles. The van der Waals surface area contributed by atoms with E-state index in [1.807, 2.05) is 26.0 Å². The highest BCUT2D eigenvalue weighted by Gasteiger charge is 2.29. The fraction of sp³-hybridized carbons (Fsp3) is 0.409. The SMILES string of the molecule is COc1ccc(OC)c([C@H](C)NC(=O)CN(c2cc(C)ccc2C)S(=O)(=O)N(C)C)c1. The van der Waals surface area contributed by atoms with Gasteiger partial charge in [0.05, 0.1) is 25.9 Å². The zero-order chi connectivity index (χ0) is 23.3. The normalized spacial score (nSPS) is 12.4. The van der Waals surface area contributed by atoms with Crippen LogP contribution in [0.3, 0.4) is 0 Å². The summed E-state index contributed by atoms with van der Waals surface area (Å²) >= 11 is 0. The number of methoxy groups -OCH3 is 2. The molecule has 1 N–H and O–H groups in total. The van der Waals surface area contributed by atoms with Gasteiger partial charge in [-0.15, -0.1) is 0 Å². The van der Waals surface area contributed by atoms with Gasteiger partial charge in [-0.25, -0.2) is 4.31 Å². The number of nitrogens with one attached hydrogen (secondary N) is 1. The number of amides is 1. The minimum Gasteiger partial charge on any atom is -0.497 e. The molecule has 2 aromatic rings. The minimum atomic E-state index is -3.89. The molecule has 1 atom stereocenters. The molecule has 1 amide bonds. The van der Waals surface area contributed by atoms with Crippen LogP contribution in [0.4, 0.5) is 5.69 Å². The smallest absolute Gasteiger partial charge is 0.304 e. The molecular weight excluding hydrogens is 418 g/mol. The first-order chi connectivity index (χ1) is 14.5. The fourth-order valence-corrected chi connectivity index (χ4v) is 4.27. The maximum absolute atomic E-state index is 13.0. The molecule has 8 nitrogen and oxygen atoms in total. The number of aryl methyl sites for hydroxylation is 2. The van der Waals surface area contributed by atoms with Crippen LogP contribution in [0.5, 0.6) is 11.5 Å². The Labute approximate surface area is 184 Å². The number of rotatable bonds is 9. The lowest BCUT2D eigenvalue weighted by molar-refractivity contribution is -0.120. The Morgan fingerprint density at radius 3 is 2.32 bits per heavy atom. The summed E-state index contributed by atoms with van der Waals surface area (Å²) in [5.74, 6) is 0.786. The second-order valence-electron chi connectivity index (χ2n) is 7.48. The maximum atomic E-state index is 13.0. The molecule has 9 heteroatoms. The van der Waals surface area contributed by atoms with Gasteiger partial charge in [-0.2, -0.15) is 12.7 Å². The van der Waals surface area contributed by atoms with Crippen molar-refractivity contribution in [3.8, 4) is 11.5 Å². The standard InChI is InChI=1S/C22H31N3O5S/c1-15-8-9-16(2)20(12-15)25(31(27,28)24(4)5)14-22(26)23-17(3)19-13-18(29-6)10-11-21(19)30-7/h8-13,17H,14H2,1-7H3,(H,23,26)/t17-/m0/s1. The second kappa shape index (κ2) is 10.0. The van der Waals surface area contributed by atoms with E-state index in [1.54, 1.807) is 45.4 Å². The largest absolute Gasteiger partial charge is 0.497 e. The van der Waals surface area contributed by atoms with Gasteiger partial charge in [0.2, 0.25) is 5.91 Å². The van der Waals surface area contributed by atoms with Crippen LogP contribution in [0.1, 0.15) is 29.7 Å². The van der Waals surface area contributed by atoms with Gasteiger partial charge >= 0.3 is 10.2 Å². The second-order valence-corrected chi connectivity index (χ2v) is 9.55. The third-order valence-electron chi connectivity index (χ3n) is 4.94. The first-order valence-corrected chi connectivity index (χ1v) is 11.2. The van der Waals surface area contributed by atoms with Gasteiger partial charge in [0.1, 0.15) is 18.0 Å². The summed E-state index contributed by atoms with van der Waals surface area (Å²) < 4.78 is 38.9. The van der Waals surface area contributed by atoms with Crippen molar-refractivity contribution in [1.29, 1.82) is 0 Å². The Morgan fingerprint density at radius 1 is 1.06 bits per heavy atom. The molecule has 0 bridgehead atoms. The molecule has 2 rings (SSSR count). The number of carbonyl (C=O) groups is 1. The van der Waals surface area contributed by atoms with Crippen LogP contribution >= 0.6 is 0 Å². The van der Waals surface area contributed by atoms with Crippen LogP contribution in [-0.2, 0) is 15.0 Å². The number of hydrogen-bond acceptors (Lipinski definition) is 5. The van der Waals surface area contributed by atoms with Crippen molar-refractivity contribution in [2.75, 3.05) is 39.2 Å². The van der Waals surface area contributed by atoms with Crippen LogP contribution in [0.15, 0.2) is 36.4 Å². The first-order valence-electron chi connectivity index (χ1n) is 9.80. The van der Waals surface area contributed by atoms with Crippen LogP contribution in [0.25, 0.3) is 0 Å². The summed E-state index contributed by atoms with van der Waals surface area (Å²) in [5, 5.41) is 2.87. The molecule has 0 fully saturated rings. The highest BCUT2D eigenvalue weighted by molar-refractivity contribution is 7.90. The molecule has 31 heavy (non-hydrogen) atoms. The molecule has 0 aliphatic rings. The average Bonchev–Trinajstić information content (AvgIpc) is 2.73. The molecule has 0 aliphatic heterocycles. The van der Waals surface area contributed by atoms with E-state index in [-0.39, 0.29) is 6.54 Å². The maximum Gasteiger partial charge on any atom is 0.304 e. The summed E-state index contributed by atoms with van der Waals surface area (Å²) in [6, 6.07) is 10.4. The van der Waals surface area contributed by atoms with E-state index in [4.69, 9.17) is 9.47 Å². The van der Waals surface area contributed by atoms with E-state index in [2.05, 4.69) is 5.32 Å². The monoisotopic (exact) mass is 449 g/mol. The number of benzene rings is 2. The number of nitrogens with zero attached hydrogens (tertiary/aromatic N) is 2. The van der Waals surface area contributed by atoms with Gasteiger partial charge < -0.3 is 14.8 Å². The van der Waals surface area contributed by atoms with Crippen LogP contribution in [0.2, 0.25) is 0 Å².